The van der Waals surface area contributed by atoms with E-state index in [-0.39, 0.29) is 0 Å². The molecule has 101 valence electrons. The van der Waals surface area contributed by atoms with E-state index in [0.29, 0.717) is 5.92 Å². The quantitative estimate of drug-likeness (QED) is 0.824. The maximum atomic E-state index is 5.21. The summed E-state index contributed by atoms with van der Waals surface area (Å²) in [6.45, 7) is 0.793. The monoisotopic (exact) mass is 264 g/mol. The van der Waals surface area contributed by atoms with Crippen LogP contribution in [0.2, 0.25) is 0 Å². The average molecular weight is 264 g/mol. The van der Waals surface area contributed by atoms with Crippen LogP contribution in [-0.4, -0.2) is 19.4 Å². The topological polar surface area (TPSA) is 21.6 Å². The number of nitrogens with zero attached hydrogens (tertiary/aromatic N) is 1. The van der Waals surface area contributed by atoms with Crippen LogP contribution in [0.1, 0.15) is 23.5 Å². The van der Waals surface area contributed by atoms with Crippen LogP contribution in [0.25, 0.3) is 0 Å². The van der Waals surface area contributed by atoms with Crippen LogP contribution in [0.4, 0.5) is 0 Å². The Morgan fingerprint density at radius 1 is 1.00 bits per heavy atom. The molecule has 2 aromatic rings. The Balaban J connectivity index is 1.78. The van der Waals surface area contributed by atoms with Crippen LogP contribution >= 0.6 is 0 Å². The van der Waals surface area contributed by atoms with Gasteiger partial charge in [-0.1, -0.05) is 42.5 Å². The zero-order chi connectivity index (χ0) is 13.8. The van der Waals surface area contributed by atoms with Crippen molar-refractivity contribution in [2.45, 2.75) is 12.3 Å². The summed E-state index contributed by atoms with van der Waals surface area (Å²) >= 11 is 0. The maximum Gasteiger partial charge on any atom is 0.118 e. The van der Waals surface area contributed by atoms with Gasteiger partial charge in [-0.15, -0.1) is 0 Å². The number of rotatable bonds is 3. The third-order valence-electron chi connectivity index (χ3n) is 3.74. The smallest absolute Gasteiger partial charge is 0.118 e. The van der Waals surface area contributed by atoms with Gasteiger partial charge in [0.05, 0.1) is 7.11 Å². The van der Waals surface area contributed by atoms with E-state index in [9.17, 15) is 0 Å². The zero-order valence-corrected chi connectivity index (χ0v) is 11.6. The number of hydrogen-bond donors (Lipinski definition) is 0. The first kappa shape index (κ1) is 12.9. The molecule has 0 N–H and O–H groups in total. The highest BCUT2D eigenvalue weighted by Crippen LogP contribution is 2.29. The van der Waals surface area contributed by atoms with Gasteiger partial charge in [-0.05, 0) is 42.0 Å². The second-order valence-electron chi connectivity index (χ2n) is 4.97. The van der Waals surface area contributed by atoms with Crippen LogP contribution in [0.3, 0.4) is 0 Å². The minimum Gasteiger partial charge on any atom is -0.497 e. The number of methoxy groups -OCH3 is 1. The van der Waals surface area contributed by atoms with Crippen molar-refractivity contribution in [3.63, 3.8) is 0 Å². The normalized spacial score (nSPS) is 18.4. The van der Waals surface area contributed by atoms with Crippen molar-refractivity contribution in [1.82, 2.24) is 0 Å². The molecule has 0 saturated carbocycles. The summed E-state index contributed by atoms with van der Waals surface area (Å²) in [5, 5.41) is 0. The molecule has 3 rings (SSSR count). The molecule has 1 unspecified atom stereocenters. The van der Waals surface area contributed by atoms with Crippen LogP contribution in [0, 0.1) is 6.42 Å². The highest BCUT2D eigenvalue weighted by molar-refractivity contribution is 6.01. The van der Waals surface area contributed by atoms with E-state index in [1.165, 1.54) is 16.8 Å². The SMILES string of the molecule is COc1ccc(C2[CH]CN=C(c3ccccc3)C2)cc1. The van der Waals surface area contributed by atoms with Gasteiger partial charge in [0.2, 0.25) is 0 Å². The first-order chi connectivity index (χ1) is 9.86. The van der Waals surface area contributed by atoms with Gasteiger partial charge in [-0.3, -0.25) is 4.99 Å². The molecule has 1 heterocycles. The van der Waals surface area contributed by atoms with Gasteiger partial charge in [0, 0.05) is 12.3 Å². The van der Waals surface area contributed by atoms with E-state index >= 15 is 0 Å². The van der Waals surface area contributed by atoms with Crippen LogP contribution in [-0.2, 0) is 0 Å². The standard InChI is InChI=1S/C18H18NO/c1-20-17-9-7-14(8-10-17)16-11-12-19-18(13-16)15-5-3-2-4-6-15/h2-11,16H,12-13H2,1H3. The highest BCUT2D eigenvalue weighted by atomic mass is 16.5. The van der Waals surface area contributed by atoms with Crippen LogP contribution in [0.15, 0.2) is 59.6 Å². The molecule has 0 spiro atoms. The highest BCUT2D eigenvalue weighted by Gasteiger charge is 2.19. The molecular weight excluding hydrogens is 246 g/mol. The van der Waals surface area contributed by atoms with Gasteiger partial charge in [-0.2, -0.15) is 0 Å². The van der Waals surface area contributed by atoms with Crippen molar-refractivity contribution in [2.24, 2.45) is 4.99 Å². The van der Waals surface area contributed by atoms with Crippen molar-refractivity contribution >= 4 is 5.71 Å². The maximum absolute atomic E-state index is 5.21. The van der Waals surface area contributed by atoms with Crippen molar-refractivity contribution < 1.29 is 4.74 Å². The van der Waals surface area contributed by atoms with E-state index in [2.05, 4.69) is 47.8 Å². The summed E-state index contributed by atoms with van der Waals surface area (Å²) in [5.74, 6) is 1.34. The molecule has 1 atom stereocenters. The Morgan fingerprint density at radius 2 is 1.75 bits per heavy atom. The van der Waals surface area contributed by atoms with Crippen molar-refractivity contribution in [3.05, 3.63) is 72.1 Å². The third-order valence-corrected chi connectivity index (χ3v) is 3.74. The van der Waals surface area contributed by atoms with Gasteiger partial charge in [0.1, 0.15) is 5.75 Å². The molecule has 0 amide bonds. The minimum absolute atomic E-state index is 0.439. The predicted octanol–water partition coefficient (Wildman–Crippen LogP) is 3.88. The lowest BCUT2D eigenvalue weighted by molar-refractivity contribution is 0.414. The van der Waals surface area contributed by atoms with E-state index in [1.54, 1.807) is 7.11 Å². The first-order valence-electron chi connectivity index (χ1n) is 6.93. The fraction of sp³-hybridized carbons (Fsp3) is 0.222. The zero-order valence-electron chi connectivity index (χ0n) is 11.6. The van der Waals surface area contributed by atoms with E-state index in [1.807, 2.05) is 18.2 Å². The molecule has 0 saturated heterocycles. The summed E-state index contributed by atoms with van der Waals surface area (Å²) in [4.78, 5) is 4.65. The lowest BCUT2D eigenvalue weighted by atomic mass is 9.86. The average Bonchev–Trinajstić information content (AvgIpc) is 2.56. The van der Waals surface area contributed by atoms with Gasteiger partial charge in [-0.25, -0.2) is 0 Å². The summed E-state index contributed by atoms with van der Waals surface area (Å²) in [6.07, 6.45) is 3.25. The largest absolute Gasteiger partial charge is 0.497 e. The molecule has 0 bridgehead atoms. The molecule has 1 aliphatic rings. The van der Waals surface area contributed by atoms with Crippen LogP contribution < -0.4 is 4.74 Å². The van der Waals surface area contributed by atoms with Gasteiger partial charge >= 0.3 is 0 Å². The molecule has 2 nitrogen and oxygen atoms in total. The second kappa shape index (κ2) is 5.91. The fourth-order valence-corrected chi connectivity index (χ4v) is 2.59. The Hall–Kier alpha value is -2.09. The van der Waals surface area contributed by atoms with Crippen molar-refractivity contribution in [1.29, 1.82) is 0 Å². The minimum atomic E-state index is 0.439. The van der Waals surface area contributed by atoms with Gasteiger partial charge in [0.25, 0.3) is 0 Å². The number of benzene rings is 2. The van der Waals surface area contributed by atoms with Crippen molar-refractivity contribution in [3.8, 4) is 5.75 Å². The molecule has 0 aromatic heterocycles. The van der Waals surface area contributed by atoms with Gasteiger partial charge in [0.15, 0.2) is 0 Å². The van der Waals surface area contributed by atoms with E-state index in [4.69, 9.17) is 4.74 Å². The van der Waals surface area contributed by atoms with E-state index < -0.39 is 0 Å². The molecule has 2 heteroatoms. The molecule has 0 fully saturated rings. The van der Waals surface area contributed by atoms with Crippen LogP contribution in [0.5, 0.6) is 5.75 Å². The Kier molecular flexibility index (Phi) is 3.82. The fourth-order valence-electron chi connectivity index (χ4n) is 2.59. The molecule has 0 aliphatic carbocycles. The Bertz CT molecular complexity index is 587. The summed E-state index contributed by atoms with van der Waals surface area (Å²) in [5.41, 5.74) is 3.77. The Labute approximate surface area is 120 Å². The molecule has 1 aliphatic heterocycles. The third kappa shape index (κ3) is 2.74. The van der Waals surface area contributed by atoms with E-state index in [0.717, 1.165) is 18.7 Å². The Morgan fingerprint density at radius 3 is 2.45 bits per heavy atom. The summed E-state index contributed by atoms with van der Waals surface area (Å²) < 4.78 is 5.21. The second-order valence-corrected chi connectivity index (χ2v) is 4.97. The summed E-state index contributed by atoms with van der Waals surface area (Å²) in [6, 6.07) is 18.8. The number of aliphatic imine (C=N–C) groups is 1. The lowest BCUT2D eigenvalue weighted by Crippen LogP contribution is -2.16. The van der Waals surface area contributed by atoms with Crippen molar-refractivity contribution in [2.75, 3.05) is 13.7 Å². The number of hydrogen-bond acceptors (Lipinski definition) is 2. The molecular formula is C18H18NO. The first-order valence-corrected chi connectivity index (χ1v) is 6.93. The lowest BCUT2D eigenvalue weighted by Gasteiger charge is -2.22. The molecule has 2 aromatic carbocycles. The number of ether oxygens (including phenoxy) is 1. The predicted molar refractivity (Wildman–Crippen MR) is 82.5 cm³/mol. The van der Waals surface area contributed by atoms with Gasteiger partial charge < -0.3 is 4.74 Å². The molecule has 20 heavy (non-hydrogen) atoms. The summed E-state index contributed by atoms with van der Waals surface area (Å²) in [7, 11) is 1.70. The molecule has 1 radical (unpaired) electrons.